The minimum atomic E-state index is 0.0100. The molecule has 0 atom stereocenters. The topological polar surface area (TPSA) is 44.1 Å². The smallest absolute Gasteiger partial charge is 0.268 e. The van der Waals surface area contributed by atoms with Crippen molar-refractivity contribution >= 4 is 22.9 Å². The molecule has 3 rings (SSSR count). The van der Waals surface area contributed by atoms with Crippen molar-refractivity contribution in [3.8, 4) is 6.07 Å². The SMILES string of the molecule is N#CCCN(C(=O)c1cc2c(s1)CCC2)c1ccccc1. The van der Waals surface area contributed by atoms with E-state index in [4.69, 9.17) is 5.26 Å². The van der Waals surface area contributed by atoms with Gasteiger partial charge in [-0.2, -0.15) is 5.26 Å². The average Bonchev–Trinajstić information content (AvgIpc) is 3.10. The van der Waals surface area contributed by atoms with Crippen molar-refractivity contribution in [2.45, 2.75) is 25.7 Å². The summed E-state index contributed by atoms with van der Waals surface area (Å²) in [5, 5.41) is 8.82. The number of aryl methyl sites for hydroxylation is 2. The molecule has 0 unspecified atom stereocenters. The lowest BCUT2D eigenvalue weighted by Crippen LogP contribution is -2.31. The zero-order chi connectivity index (χ0) is 14.7. The molecular weight excluding hydrogens is 280 g/mol. The summed E-state index contributed by atoms with van der Waals surface area (Å²) in [5.41, 5.74) is 2.18. The van der Waals surface area contributed by atoms with Crippen molar-refractivity contribution < 1.29 is 4.79 Å². The van der Waals surface area contributed by atoms with E-state index in [1.165, 1.54) is 16.9 Å². The Balaban J connectivity index is 1.88. The van der Waals surface area contributed by atoms with Crippen molar-refractivity contribution in [1.29, 1.82) is 5.26 Å². The highest BCUT2D eigenvalue weighted by Crippen LogP contribution is 2.32. The number of benzene rings is 1. The van der Waals surface area contributed by atoms with Crippen molar-refractivity contribution in [2.75, 3.05) is 11.4 Å². The molecule has 1 heterocycles. The van der Waals surface area contributed by atoms with Crippen LogP contribution in [-0.4, -0.2) is 12.5 Å². The van der Waals surface area contributed by atoms with Gasteiger partial charge in [0.05, 0.1) is 17.4 Å². The van der Waals surface area contributed by atoms with Gasteiger partial charge in [0, 0.05) is 17.1 Å². The third-order valence-electron chi connectivity index (χ3n) is 3.72. The molecule has 1 aromatic carbocycles. The van der Waals surface area contributed by atoms with Crippen molar-refractivity contribution in [1.82, 2.24) is 0 Å². The van der Waals surface area contributed by atoms with Gasteiger partial charge in [-0.05, 0) is 43.0 Å². The van der Waals surface area contributed by atoms with E-state index in [9.17, 15) is 4.79 Å². The van der Waals surface area contributed by atoms with Crippen LogP contribution in [0.25, 0.3) is 0 Å². The molecule has 0 bridgehead atoms. The summed E-state index contributed by atoms with van der Waals surface area (Å²) in [6.07, 6.45) is 3.72. The summed E-state index contributed by atoms with van der Waals surface area (Å²) in [4.78, 5) is 16.6. The fraction of sp³-hybridized carbons (Fsp3) is 0.294. The standard InChI is InChI=1S/C17H16N2OS/c18-10-5-11-19(14-7-2-1-3-8-14)17(20)16-12-13-6-4-9-15(13)21-16/h1-3,7-8,12H,4-6,9,11H2. The maximum absolute atomic E-state index is 12.8. The predicted octanol–water partition coefficient (Wildman–Crippen LogP) is 3.80. The van der Waals surface area contributed by atoms with E-state index in [1.807, 2.05) is 36.4 Å². The third kappa shape index (κ3) is 2.84. The van der Waals surface area contributed by atoms with Crippen LogP contribution in [0.15, 0.2) is 36.4 Å². The van der Waals surface area contributed by atoms with Crippen LogP contribution in [0.3, 0.4) is 0 Å². The van der Waals surface area contributed by atoms with E-state index in [2.05, 4.69) is 6.07 Å². The lowest BCUT2D eigenvalue weighted by Gasteiger charge is -2.21. The molecule has 1 aromatic heterocycles. The molecule has 0 saturated carbocycles. The second kappa shape index (κ2) is 6.11. The summed E-state index contributed by atoms with van der Waals surface area (Å²) in [5.74, 6) is 0.0100. The summed E-state index contributed by atoms with van der Waals surface area (Å²) < 4.78 is 0. The molecule has 0 aliphatic heterocycles. The summed E-state index contributed by atoms with van der Waals surface area (Å²) in [6.45, 7) is 0.432. The van der Waals surface area contributed by atoms with Gasteiger partial charge in [-0.3, -0.25) is 4.79 Å². The Morgan fingerprint density at radius 3 is 2.81 bits per heavy atom. The number of nitriles is 1. The molecule has 21 heavy (non-hydrogen) atoms. The van der Waals surface area contributed by atoms with Gasteiger partial charge < -0.3 is 4.90 Å². The Hall–Kier alpha value is -2.12. The number of rotatable bonds is 4. The Kier molecular flexibility index (Phi) is 4.03. The Bertz CT molecular complexity index is 663. The quantitative estimate of drug-likeness (QED) is 0.861. The Labute approximate surface area is 128 Å². The molecule has 106 valence electrons. The molecule has 0 fully saturated rings. The van der Waals surface area contributed by atoms with Crippen LogP contribution in [0.4, 0.5) is 5.69 Å². The fourth-order valence-corrected chi connectivity index (χ4v) is 3.89. The second-order valence-electron chi connectivity index (χ2n) is 5.11. The van der Waals surface area contributed by atoms with Crippen LogP contribution in [0, 0.1) is 11.3 Å². The maximum atomic E-state index is 12.8. The molecule has 1 aliphatic carbocycles. The molecule has 3 nitrogen and oxygen atoms in total. The largest absolute Gasteiger partial charge is 0.307 e. The number of thiophene rings is 1. The van der Waals surface area contributed by atoms with Crippen LogP contribution in [-0.2, 0) is 12.8 Å². The first-order valence-corrected chi connectivity index (χ1v) is 7.96. The number of hydrogen-bond donors (Lipinski definition) is 0. The van der Waals surface area contributed by atoms with Crippen LogP contribution < -0.4 is 4.90 Å². The molecule has 2 aromatic rings. The monoisotopic (exact) mass is 296 g/mol. The van der Waals surface area contributed by atoms with E-state index in [1.54, 1.807) is 16.2 Å². The van der Waals surface area contributed by atoms with Gasteiger partial charge in [0.1, 0.15) is 0 Å². The lowest BCUT2D eigenvalue weighted by atomic mass is 10.2. The number of carbonyl (C=O) groups is 1. The number of fused-ring (bicyclic) bond motifs is 1. The number of para-hydroxylation sites is 1. The van der Waals surface area contributed by atoms with Crippen molar-refractivity contribution in [3.63, 3.8) is 0 Å². The Morgan fingerprint density at radius 1 is 1.29 bits per heavy atom. The highest BCUT2D eigenvalue weighted by Gasteiger charge is 2.23. The van der Waals surface area contributed by atoms with E-state index in [0.717, 1.165) is 23.4 Å². The lowest BCUT2D eigenvalue weighted by molar-refractivity contribution is 0.0991. The molecule has 0 saturated heterocycles. The minimum absolute atomic E-state index is 0.0100. The maximum Gasteiger partial charge on any atom is 0.268 e. The Morgan fingerprint density at radius 2 is 2.10 bits per heavy atom. The molecule has 0 N–H and O–H groups in total. The molecule has 0 radical (unpaired) electrons. The molecule has 1 aliphatic rings. The normalized spacial score (nSPS) is 12.7. The minimum Gasteiger partial charge on any atom is -0.307 e. The molecular formula is C17H16N2OS. The first-order valence-electron chi connectivity index (χ1n) is 7.15. The van der Waals surface area contributed by atoms with Crippen molar-refractivity contribution in [2.24, 2.45) is 0 Å². The van der Waals surface area contributed by atoms with Gasteiger partial charge in [-0.1, -0.05) is 18.2 Å². The molecule has 0 spiro atoms. The van der Waals surface area contributed by atoms with E-state index in [-0.39, 0.29) is 5.91 Å². The number of amides is 1. The number of carbonyl (C=O) groups excluding carboxylic acids is 1. The van der Waals surface area contributed by atoms with E-state index in [0.29, 0.717) is 13.0 Å². The zero-order valence-electron chi connectivity index (χ0n) is 11.7. The van der Waals surface area contributed by atoms with Crippen LogP contribution in [0.1, 0.15) is 33.0 Å². The van der Waals surface area contributed by atoms with E-state index < -0.39 is 0 Å². The average molecular weight is 296 g/mol. The van der Waals surface area contributed by atoms with Crippen LogP contribution in [0.5, 0.6) is 0 Å². The zero-order valence-corrected chi connectivity index (χ0v) is 12.5. The first-order chi connectivity index (χ1) is 10.3. The van der Waals surface area contributed by atoms with Gasteiger partial charge in [-0.15, -0.1) is 11.3 Å². The van der Waals surface area contributed by atoms with Gasteiger partial charge in [0.2, 0.25) is 0 Å². The summed E-state index contributed by atoms with van der Waals surface area (Å²) >= 11 is 1.61. The van der Waals surface area contributed by atoms with Crippen molar-refractivity contribution in [3.05, 3.63) is 51.7 Å². The number of hydrogen-bond acceptors (Lipinski definition) is 3. The summed E-state index contributed by atoms with van der Waals surface area (Å²) in [6, 6.07) is 13.7. The van der Waals surface area contributed by atoms with Gasteiger partial charge in [0.15, 0.2) is 0 Å². The van der Waals surface area contributed by atoms with E-state index >= 15 is 0 Å². The summed E-state index contributed by atoms with van der Waals surface area (Å²) in [7, 11) is 0. The van der Waals surface area contributed by atoms with Gasteiger partial charge >= 0.3 is 0 Å². The molecule has 4 heteroatoms. The fourth-order valence-electron chi connectivity index (χ4n) is 2.69. The second-order valence-corrected chi connectivity index (χ2v) is 6.25. The highest BCUT2D eigenvalue weighted by atomic mass is 32.1. The third-order valence-corrected chi connectivity index (χ3v) is 4.94. The number of nitrogens with zero attached hydrogens (tertiary/aromatic N) is 2. The van der Waals surface area contributed by atoms with Crippen LogP contribution >= 0.6 is 11.3 Å². The highest BCUT2D eigenvalue weighted by molar-refractivity contribution is 7.14. The van der Waals surface area contributed by atoms with Crippen LogP contribution in [0.2, 0.25) is 0 Å². The van der Waals surface area contributed by atoms with Gasteiger partial charge in [0.25, 0.3) is 5.91 Å². The van der Waals surface area contributed by atoms with Gasteiger partial charge in [-0.25, -0.2) is 0 Å². The predicted molar refractivity (Wildman–Crippen MR) is 84.7 cm³/mol. The first kappa shape index (κ1) is 13.8. The molecule has 1 amide bonds. The number of anilines is 1.